The first-order chi connectivity index (χ1) is 13.1. The van der Waals surface area contributed by atoms with Crippen molar-refractivity contribution in [2.75, 3.05) is 13.1 Å². The average Bonchev–Trinajstić information content (AvgIpc) is 3.28. The van der Waals surface area contributed by atoms with Crippen LogP contribution in [0.4, 0.5) is 0 Å². The lowest BCUT2D eigenvalue weighted by atomic mass is 10.3. The van der Waals surface area contributed by atoms with Gasteiger partial charge in [0.15, 0.2) is 11.2 Å². The topological polar surface area (TPSA) is 86.0 Å². The van der Waals surface area contributed by atoms with Crippen molar-refractivity contribution in [1.29, 1.82) is 0 Å². The first-order valence-corrected chi connectivity index (χ1v) is 9.18. The highest BCUT2D eigenvalue weighted by Gasteiger charge is 2.28. The van der Waals surface area contributed by atoms with Gasteiger partial charge < -0.3 is 14.2 Å². The molecular formula is C18H19ClN6O2. The van der Waals surface area contributed by atoms with Crippen molar-refractivity contribution in [3.05, 3.63) is 29.8 Å². The number of halogens is 1. The quantitative estimate of drug-likeness (QED) is 0.640. The number of rotatable bonds is 4. The van der Waals surface area contributed by atoms with E-state index in [1.165, 1.54) is 6.33 Å². The van der Waals surface area contributed by atoms with Gasteiger partial charge in [-0.05, 0) is 12.1 Å². The second kappa shape index (κ2) is 7.11. The minimum atomic E-state index is -0.0961. The molecule has 1 aliphatic rings. The van der Waals surface area contributed by atoms with Crippen LogP contribution in [0.2, 0.25) is 5.15 Å². The Labute approximate surface area is 161 Å². The fourth-order valence-electron chi connectivity index (χ4n) is 3.26. The van der Waals surface area contributed by atoms with E-state index in [1.807, 2.05) is 29.5 Å². The highest BCUT2D eigenvalue weighted by atomic mass is 35.5. The van der Waals surface area contributed by atoms with E-state index in [9.17, 15) is 4.79 Å². The maximum absolute atomic E-state index is 11.9. The van der Waals surface area contributed by atoms with Gasteiger partial charge in [-0.1, -0.05) is 18.5 Å². The van der Waals surface area contributed by atoms with Gasteiger partial charge in [0.2, 0.25) is 11.8 Å². The lowest BCUT2D eigenvalue weighted by molar-refractivity contribution is -0.130. The normalized spacial score (nSPS) is 16.9. The van der Waals surface area contributed by atoms with Crippen LogP contribution < -0.4 is 4.74 Å². The van der Waals surface area contributed by atoms with Crippen molar-refractivity contribution in [3.8, 4) is 17.3 Å². The van der Waals surface area contributed by atoms with Gasteiger partial charge in [0, 0.05) is 38.2 Å². The summed E-state index contributed by atoms with van der Waals surface area (Å²) in [6.45, 7) is 3.14. The molecule has 3 aromatic heterocycles. The standard InChI is InChI=1S/C18H19ClN6O2/c1-3-14(26)25-7-6-12(9-25)27-18-15-17(21-10-22-18)24(2)16(23-15)11-4-5-13(19)20-8-11/h4-5,8,10,12H,3,6-7,9H2,1-2H3/t12-/m0/s1. The Hall–Kier alpha value is -2.74. The molecule has 1 atom stereocenters. The summed E-state index contributed by atoms with van der Waals surface area (Å²) < 4.78 is 7.95. The number of imidazole rings is 1. The molecule has 0 saturated carbocycles. The SMILES string of the molecule is CCC(=O)N1CC[C@H](Oc2ncnc3c2nc(-c2ccc(Cl)nc2)n3C)C1. The molecule has 4 rings (SSSR count). The molecule has 0 radical (unpaired) electrons. The Kier molecular flexibility index (Phi) is 4.65. The van der Waals surface area contributed by atoms with Crippen molar-refractivity contribution < 1.29 is 9.53 Å². The molecule has 9 heteroatoms. The van der Waals surface area contributed by atoms with E-state index in [0.29, 0.717) is 47.5 Å². The van der Waals surface area contributed by atoms with E-state index in [2.05, 4.69) is 19.9 Å². The van der Waals surface area contributed by atoms with E-state index in [-0.39, 0.29) is 12.0 Å². The van der Waals surface area contributed by atoms with Gasteiger partial charge in [0.1, 0.15) is 23.4 Å². The first kappa shape index (κ1) is 17.7. The van der Waals surface area contributed by atoms with Gasteiger partial charge in [-0.2, -0.15) is 4.98 Å². The zero-order valence-corrected chi connectivity index (χ0v) is 15.8. The molecule has 1 saturated heterocycles. The summed E-state index contributed by atoms with van der Waals surface area (Å²) in [6.07, 6.45) is 4.32. The summed E-state index contributed by atoms with van der Waals surface area (Å²) in [7, 11) is 1.88. The lowest BCUT2D eigenvalue weighted by Gasteiger charge is -2.16. The van der Waals surface area contributed by atoms with Crippen LogP contribution in [-0.4, -0.2) is 54.5 Å². The number of likely N-dealkylation sites (tertiary alicyclic amines) is 1. The summed E-state index contributed by atoms with van der Waals surface area (Å²) in [5.74, 6) is 1.28. The molecule has 3 aromatic rings. The van der Waals surface area contributed by atoms with Crippen LogP contribution in [0.25, 0.3) is 22.6 Å². The van der Waals surface area contributed by atoms with Gasteiger partial charge in [-0.15, -0.1) is 0 Å². The Balaban J connectivity index is 1.64. The Morgan fingerprint density at radius 3 is 2.93 bits per heavy atom. The number of hydrogen-bond acceptors (Lipinski definition) is 6. The second-order valence-corrected chi connectivity index (χ2v) is 6.82. The number of aryl methyl sites for hydroxylation is 1. The lowest BCUT2D eigenvalue weighted by Crippen LogP contribution is -2.30. The van der Waals surface area contributed by atoms with Crippen LogP contribution in [0.1, 0.15) is 19.8 Å². The Morgan fingerprint density at radius 1 is 1.33 bits per heavy atom. The maximum atomic E-state index is 11.9. The van der Waals surface area contributed by atoms with Gasteiger partial charge >= 0.3 is 0 Å². The largest absolute Gasteiger partial charge is 0.471 e. The third-order valence-electron chi connectivity index (χ3n) is 4.69. The molecule has 0 N–H and O–H groups in total. The molecule has 8 nitrogen and oxygen atoms in total. The molecule has 1 fully saturated rings. The van der Waals surface area contributed by atoms with Gasteiger partial charge in [0.25, 0.3) is 0 Å². The van der Waals surface area contributed by atoms with Crippen LogP contribution in [0.5, 0.6) is 5.88 Å². The second-order valence-electron chi connectivity index (χ2n) is 6.44. The highest BCUT2D eigenvalue weighted by molar-refractivity contribution is 6.29. The molecule has 1 amide bonds. The predicted octanol–water partition coefficient (Wildman–Crippen LogP) is 2.47. The molecule has 0 aromatic carbocycles. The number of hydrogen-bond donors (Lipinski definition) is 0. The highest BCUT2D eigenvalue weighted by Crippen LogP contribution is 2.28. The summed E-state index contributed by atoms with van der Waals surface area (Å²) in [4.78, 5) is 31.1. The molecule has 0 unspecified atom stereocenters. The van der Waals surface area contributed by atoms with E-state index >= 15 is 0 Å². The fraction of sp³-hybridized carbons (Fsp3) is 0.389. The molecule has 0 bridgehead atoms. The summed E-state index contributed by atoms with van der Waals surface area (Å²) in [6, 6.07) is 3.58. The minimum absolute atomic E-state index is 0.0961. The Morgan fingerprint density at radius 2 is 2.19 bits per heavy atom. The van der Waals surface area contributed by atoms with Crippen molar-refractivity contribution >= 4 is 28.7 Å². The molecular weight excluding hydrogens is 368 g/mol. The number of pyridine rings is 1. The first-order valence-electron chi connectivity index (χ1n) is 8.80. The molecule has 1 aliphatic heterocycles. The Bertz CT molecular complexity index is 987. The van der Waals surface area contributed by atoms with Crippen LogP contribution >= 0.6 is 11.6 Å². The number of amides is 1. The zero-order chi connectivity index (χ0) is 19.0. The van der Waals surface area contributed by atoms with E-state index < -0.39 is 0 Å². The smallest absolute Gasteiger partial charge is 0.245 e. The minimum Gasteiger partial charge on any atom is -0.471 e. The molecule has 140 valence electrons. The van der Waals surface area contributed by atoms with E-state index in [4.69, 9.17) is 16.3 Å². The number of fused-ring (bicyclic) bond motifs is 1. The van der Waals surface area contributed by atoms with E-state index in [1.54, 1.807) is 12.3 Å². The van der Waals surface area contributed by atoms with Crippen molar-refractivity contribution in [2.24, 2.45) is 7.05 Å². The van der Waals surface area contributed by atoms with Crippen LogP contribution in [0.15, 0.2) is 24.7 Å². The van der Waals surface area contributed by atoms with E-state index in [0.717, 1.165) is 12.0 Å². The van der Waals surface area contributed by atoms with Crippen LogP contribution in [-0.2, 0) is 11.8 Å². The molecule has 0 aliphatic carbocycles. The summed E-state index contributed by atoms with van der Waals surface area (Å²) >= 11 is 5.87. The van der Waals surface area contributed by atoms with Crippen molar-refractivity contribution in [2.45, 2.75) is 25.9 Å². The molecule has 27 heavy (non-hydrogen) atoms. The third kappa shape index (κ3) is 3.32. The number of aromatic nitrogens is 5. The average molecular weight is 387 g/mol. The molecule has 4 heterocycles. The molecule has 0 spiro atoms. The summed E-state index contributed by atoms with van der Waals surface area (Å²) in [5, 5.41) is 0.425. The van der Waals surface area contributed by atoms with Crippen molar-refractivity contribution in [3.63, 3.8) is 0 Å². The number of ether oxygens (including phenoxy) is 1. The number of carbonyl (C=O) groups excluding carboxylic acids is 1. The maximum Gasteiger partial charge on any atom is 0.245 e. The zero-order valence-electron chi connectivity index (χ0n) is 15.1. The predicted molar refractivity (Wildman–Crippen MR) is 100 cm³/mol. The third-order valence-corrected chi connectivity index (χ3v) is 4.91. The van der Waals surface area contributed by atoms with Crippen molar-refractivity contribution in [1.82, 2.24) is 29.4 Å². The van der Waals surface area contributed by atoms with Gasteiger partial charge in [-0.3, -0.25) is 4.79 Å². The van der Waals surface area contributed by atoms with Gasteiger partial charge in [0.05, 0.1) is 6.54 Å². The van der Waals surface area contributed by atoms with Gasteiger partial charge in [-0.25, -0.2) is 15.0 Å². The number of carbonyl (C=O) groups is 1. The monoisotopic (exact) mass is 386 g/mol. The van der Waals surface area contributed by atoms with Crippen LogP contribution in [0.3, 0.4) is 0 Å². The summed E-state index contributed by atoms with van der Waals surface area (Å²) in [5.41, 5.74) is 2.08. The van der Waals surface area contributed by atoms with Crippen LogP contribution in [0, 0.1) is 0 Å². The number of nitrogens with zero attached hydrogens (tertiary/aromatic N) is 6. The fourth-order valence-corrected chi connectivity index (χ4v) is 3.38.